The summed E-state index contributed by atoms with van der Waals surface area (Å²) >= 11 is 0. The standard InChI is InChI=1S/C11H11F5O/c1-3-5(17-2)4-6-7(12)9(14)11(16)10(15)8(6)13/h5H,3-4H2,1-2H3/t5-/m0/s1. The molecule has 0 aliphatic heterocycles. The molecule has 0 aromatic heterocycles. The van der Waals surface area contributed by atoms with E-state index in [1.165, 1.54) is 7.11 Å². The fourth-order valence-electron chi connectivity index (χ4n) is 1.45. The van der Waals surface area contributed by atoms with E-state index in [9.17, 15) is 22.0 Å². The minimum atomic E-state index is -2.14. The van der Waals surface area contributed by atoms with E-state index in [1.54, 1.807) is 6.92 Å². The van der Waals surface area contributed by atoms with Crippen LogP contribution in [-0.2, 0) is 11.2 Å². The van der Waals surface area contributed by atoms with Crippen LogP contribution in [0.2, 0.25) is 0 Å². The first-order valence-electron chi connectivity index (χ1n) is 4.97. The van der Waals surface area contributed by atoms with Crippen LogP contribution >= 0.6 is 0 Å². The number of benzene rings is 1. The molecule has 0 N–H and O–H groups in total. The van der Waals surface area contributed by atoms with Gasteiger partial charge in [-0.15, -0.1) is 0 Å². The van der Waals surface area contributed by atoms with Crippen LogP contribution in [-0.4, -0.2) is 13.2 Å². The Morgan fingerprint density at radius 3 is 1.65 bits per heavy atom. The number of hydrogen-bond donors (Lipinski definition) is 0. The molecule has 0 heterocycles. The van der Waals surface area contributed by atoms with Crippen molar-refractivity contribution in [2.75, 3.05) is 7.11 Å². The molecule has 0 bridgehead atoms. The molecule has 0 unspecified atom stereocenters. The smallest absolute Gasteiger partial charge is 0.200 e. The van der Waals surface area contributed by atoms with Gasteiger partial charge < -0.3 is 4.74 Å². The molecule has 96 valence electrons. The Hall–Kier alpha value is -1.17. The number of ether oxygens (including phenoxy) is 1. The van der Waals surface area contributed by atoms with Crippen molar-refractivity contribution < 1.29 is 26.7 Å². The van der Waals surface area contributed by atoms with E-state index in [-0.39, 0.29) is 6.42 Å². The zero-order valence-electron chi connectivity index (χ0n) is 9.29. The van der Waals surface area contributed by atoms with Gasteiger partial charge in [0.15, 0.2) is 23.3 Å². The van der Waals surface area contributed by atoms with E-state index in [2.05, 4.69) is 0 Å². The van der Waals surface area contributed by atoms with E-state index < -0.39 is 40.8 Å². The predicted molar refractivity (Wildman–Crippen MR) is 51.0 cm³/mol. The van der Waals surface area contributed by atoms with Crippen molar-refractivity contribution in [2.24, 2.45) is 0 Å². The lowest BCUT2D eigenvalue weighted by atomic mass is 10.0. The SMILES string of the molecule is CC[C@@H](Cc1c(F)c(F)c(F)c(F)c1F)OC. The second kappa shape index (κ2) is 5.44. The summed E-state index contributed by atoms with van der Waals surface area (Å²) in [5, 5.41) is 0. The molecule has 0 radical (unpaired) electrons. The van der Waals surface area contributed by atoms with E-state index in [0.29, 0.717) is 6.42 Å². The van der Waals surface area contributed by atoms with Gasteiger partial charge in [-0.25, -0.2) is 22.0 Å². The molecule has 0 spiro atoms. The lowest BCUT2D eigenvalue weighted by Crippen LogP contribution is -2.17. The highest BCUT2D eigenvalue weighted by molar-refractivity contribution is 5.24. The van der Waals surface area contributed by atoms with Crippen molar-refractivity contribution >= 4 is 0 Å². The summed E-state index contributed by atoms with van der Waals surface area (Å²) in [6.45, 7) is 1.68. The number of methoxy groups -OCH3 is 1. The van der Waals surface area contributed by atoms with Crippen LogP contribution in [0, 0.1) is 29.1 Å². The zero-order chi connectivity index (χ0) is 13.2. The minimum absolute atomic E-state index is 0.362. The summed E-state index contributed by atoms with van der Waals surface area (Å²) < 4.78 is 69.8. The first-order valence-corrected chi connectivity index (χ1v) is 4.97. The van der Waals surface area contributed by atoms with Crippen LogP contribution in [0.15, 0.2) is 0 Å². The Labute approximate surface area is 95.2 Å². The van der Waals surface area contributed by atoms with Gasteiger partial charge in [-0.3, -0.25) is 0 Å². The molecular formula is C11H11F5O. The van der Waals surface area contributed by atoms with Crippen LogP contribution < -0.4 is 0 Å². The van der Waals surface area contributed by atoms with E-state index in [0.717, 1.165) is 0 Å². The molecule has 0 aliphatic carbocycles. The highest BCUT2D eigenvalue weighted by Gasteiger charge is 2.26. The van der Waals surface area contributed by atoms with Gasteiger partial charge >= 0.3 is 0 Å². The highest BCUT2D eigenvalue weighted by atomic mass is 19.2. The fourth-order valence-corrected chi connectivity index (χ4v) is 1.45. The summed E-state index contributed by atoms with van der Waals surface area (Å²) in [5.74, 6) is -9.59. The first-order chi connectivity index (χ1) is 7.93. The van der Waals surface area contributed by atoms with Crippen molar-refractivity contribution in [3.63, 3.8) is 0 Å². The Kier molecular flexibility index (Phi) is 4.45. The van der Waals surface area contributed by atoms with Crippen LogP contribution in [0.5, 0.6) is 0 Å². The molecule has 0 saturated heterocycles. The van der Waals surface area contributed by atoms with Crippen molar-refractivity contribution in [3.8, 4) is 0 Å². The second-order valence-electron chi connectivity index (χ2n) is 3.52. The molecule has 17 heavy (non-hydrogen) atoms. The molecule has 0 aliphatic rings. The molecule has 1 atom stereocenters. The molecule has 0 amide bonds. The van der Waals surface area contributed by atoms with Crippen molar-refractivity contribution in [3.05, 3.63) is 34.6 Å². The van der Waals surface area contributed by atoms with E-state index in [4.69, 9.17) is 4.74 Å². The van der Waals surface area contributed by atoms with Crippen LogP contribution in [0.25, 0.3) is 0 Å². The van der Waals surface area contributed by atoms with E-state index >= 15 is 0 Å². The maximum Gasteiger partial charge on any atom is 0.200 e. The molecular weight excluding hydrogens is 243 g/mol. The van der Waals surface area contributed by atoms with Gasteiger partial charge in [0.25, 0.3) is 0 Å². The summed E-state index contributed by atoms with van der Waals surface area (Å²) in [6, 6.07) is 0. The number of rotatable bonds is 4. The van der Waals surface area contributed by atoms with Crippen molar-refractivity contribution in [1.82, 2.24) is 0 Å². The maximum absolute atomic E-state index is 13.3. The summed E-state index contributed by atoms with van der Waals surface area (Å²) in [5.41, 5.74) is -0.838. The Morgan fingerprint density at radius 1 is 0.882 bits per heavy atom. The molecule has 1 aromatic carbocycles. The summed E-state index contributed by atoms with van der Waals surface area (Å²) in [7, 11) is 1.31. The third kappa shape index (κ3) is 2.57. The monoisotopic (exact) mass is 254 g/mol. The average molecular weight is 254 g/mol. The first kappa shape index (κ1) is 13.9. The largest absolute Gasteiger partial charge is 0.381 e. The van der Waals surface area contributed by atoms with E-state index in [1.807, 2.05) is 0 Å². The molecule has 6 heteroatoms. The van der Waals surface area contributed by atoms with Gasteiger partial charge in [0.2, 0.25) is 5.82 Å². The van der Waals surface area contributed by atoms with Gasteiger partial charge in [0.05, 0.1) is 6.10 Å². The topological polar surface area (TPSA) is 9.23 Å². The van der Waals surface area contributed by atoms with Gasteiger partial charge in [0.1, 0.15) is 0 Å². The maximum atomic E-state index is 13.3. The quantitative estimate of drug-likeness (QED) is 0.455. The molecule has 0 saturated carbocycles. The lowest BCUT2D eigenvalue weighted by molar-refractivity contribution is 0.0977. The zero-order valence-corrected chi connectivity index (χ0v) is 9.29. The van der Waals surface area contributed by atoms with Gasteiger partial charge in [-0.1, -0.05) is 6.92 Å². The third-order valence-electron chi connectivity index (χ3n) is 2.52. The molecule has 1 nitrogen and oxygen atoms in total. The number of halogens is 5. The Balaban J connectivity index is 3.24. The van der Waals surface area contributed by atoms with Gasteiger partial charge in [-0.05, 0) is 6.42 Å². The van der Waals surface area contributed by atoms with Gasteiger partial charge in [0, 0.05) is 19.1 Å². The fraction of sp³-hybridized carbons (Fsp3) is 0.455. The van der Waals surface area contributed by atoms with Crippen LogP contribution in [0.3, 0.4) is 0 Å². The van der Waals surface area contributed by atoms with Crippen LogP contribution in [0.4, 0.5) is 22.0 Å². The average Bonchev–Trinajstić information content (AvgIpc) is 2.34. The molecule has 0 fully saturated rings. The van der Waals surface area contributed by atoms with Crippen molar-refractivity contribution in [2.45, 2.75) is 25.9 Å². The predicted octanol–water partition coefficient (Wildman–Crippen LogP) is 3.35. The van der Waals surface area contributed by atoms with Gasteiger partial charge in [-0.2, -0.15) is 0 Å². The van der Waals surface area contributed by atoms with Crippen LogP contribution in [0.1, 0.15) is 18.9 Å². The molecule has 1 aromatic rings. The highest BCUT2D eigenvalue weighted by Crippen LogP contribution is 2.24. The Bertz CT molecular complexity index is 386. The van der Waals surface area contributed by atoms with Crippen molar-refractivity contribution in [1.29, 1.82) is 0 Å². The lowest BCUT2D eigenvalue weighted by Gasteiger charge is -2.14. The molecule has 1 rings (SSSR count). The second-order valence-corrected chi connectivity index (χ2v) is 3.52. The summed E-state index contributed by atoms with van der Waals surface area (Å²) in [6.07, 6.45) is -0.558. The normalized spacial score (nSPS) is 12.9. The summed E-state index contributed by atoms with van der Waals surface area (Å²) in [4.78, 5) is 0. The minimum Gasteiger partial charge on any atom is -0.381 e. The number of hydrogen-bond acceptors (Lipinski definition) is 1. The Morgan fingerprint density at radius 2 is 1.29 bits per heavy atom. The third-order valence-corrected chi connectivity index (χ3v) is 2.52.